The normalized spacial score (nSPS) is 22.4. The summed E-state index contributed by atoms with van der Waals surface area (Å²) in [6.45, 7) is 1.61. The van der Waals surface area contributed by atoms with Crippen LogP contribution >= 0.6 is 0 Å². The quantitative estimate of drug-likeness (QED) is 0.331. The van der Waals surface area contributed by atoms with Crippen molar-refractivity contribution in [3.05, 3.63) is 6.61 Å². The Labute approximate surface area is 64.5 Å². The average Bonchev–Trinajstić information content (AvgIpc) is 2.00. The molecule has 0 amide bonds. The van der Waals surface area contributed by atoms with E-state index in [4.69, 9.17) is 25.5 Å². The van der Waals surface area contributed by atoms with Crippen molar-refractivity contribution in [2.24, 2.45) is 0 Å². The van der Waals surface area contributed by atoms with Crippen LogP contribution in [-0.2, 0) is 0 Å². The zero-order valence-corrected chi connectivity index (χ0v) is 6.12. The Balaban J connectivity index is 3.90. The van der Waals surface area contributed by atoms with E-state index in [1.54, 1.807) is 0 Å². The molecule has 0 unspecified atom stereocenters. The van der Waals surface area contributed by atoms with Gasteiger partial charge in [-0.25, -0.2) is 0 Å². The van der Waals surface area contributed by atoms with E-state index in [2.05, 4.69) is 0 Å². The van der Waals surface area contributed by atoms with Crippen LogP contribution in [0.2, 0.25) is 0 Å². The number of hydrogen-bond donors (Lipinski definition) is 5. The zero-order chi connectivity index (χ0) is 9.02. The molecule has 0 spiro atoms. The molecule has 0 rings (SSSR count). The monoisotopic (exact) mass is 165 g/mol. The molecule has 0 aromatic rings. The minimum Gasteiger partial charge on any atom is -0.391 e. The topological polar surface area (TPSA) is 101 Å². The summed E-state index contributed by atoms with van der Waals surface area (Å²) < 4.78 is 0. The zero-order valence-electron chi connectivity index (χ0n) is 6.12. The molecule has 0 saturated heterocycles. The van der Waals surface area contributed by atoms with Crippen molar-refractivity contribution in [3.63, 3.8) is 0 Å². The number of hydrogen-bond acceptors (Lipinski definition) is 5. The summed E-state index contributed by atoms with van der Waals surface area (Å²) >= 11 is 0. The molecule has 0 bridgehead atoms. The van der Waals surface area contributed by atoms with Gasteiger partial charge in [0, 0.05) is 0 Å². The van der Waals surface area contributed by atoms with Crippen LogP contribution in [0, 0.1) is 6.61 Å². The van der Waals surface area contributed by atoms with Gasteiger partial charge >= 0.3 is 0 Å². The molecule has 0 heterocycles. The molecule has 1 radical (unpaired) electrons. The maximum atomic E-state index is 8.91. The van der Waals surface area contributed by atoms with Crippen molar-refractivity contribution in [1.29, 1.82) is 0 Å². The van der Waals surface area contributed by atoms with E-state index < -0.39 is 24.4 Å². The third-order valence-corrected chi connectivity index (χ3v) is 1.35. The van der Waals surface area contributed by atoms with Crippen LogP contribution in [-0.4, -0.2) is 49.9 Å². The van der Waals surface area contributed by atoms with Gasteiger partial charge in [0.15, 0.2) is 0 Å². The highest BCUT2D eigenvalue weighted by molar-refractivity contribution is 4.82. The highest BCUT2D eigenvalue weighted by atomic mass is 16.4. The smallest absolute Gasteiger partial charge is 0.111 e. The van der Waals surface area contributed by atoms with Crippen molar-refractivity contribution in [1.82, 2.24) is 0 Å². The van der Waals surface area contributed by atoms with Crippen molar-refractivity contribution < 1.29 is 25.5 Å². The molecule has 5 nitrogen and oxygen atoms in total. The lowest BCUT2D eigenvalue weighted by Gasteiger charge is -2.22. The van der Waals surface area contributed by atoms with Gasteiger partial charge in [-0.15, -0.1) is 0 Å². The number of aliphatic hydroxyl groups is 5. The molecule has 5 heteroatoms. The molecule has 0 aromatic heterocycles. The first-order valence-electron chi connectivity index (χ1n) is 3.20. The van der Waals surface area contributed by atoms with Crippen LogP contribution in [0.5, 0.6) is 0 Å². The van der Waals surface area contributed by atoms with Crippen molar-refractivity contribution in [3.8, 4) is 0 Å². The minimum absolute atomic E-state index is 0.344. The van der Waals surface area contributed by atoms with Gasteiger partial charge < -0.3 is 25.5 Å². The molecule has 4 atom stereocenters. The first-order valence-corrected chi connectivity index (χ1v) is 3.20. The van der Waals surface area contributed by atoms with Crippen LogP contribution in [0.4, 0.5) is 0 Å². The Morgan fingerprint density at radius 1 is 1.00 bits per heavy atom. The lowest BCUT2D eigenvalue weighted by Crippen LogP contribution is -2.43. The summed E-state index contributed by atoms with van der Waals surface area (Å²) in [6, 6.07) is 0. The van der Waals surface area contributed by atoms with Gasteiger partial charge in [0.2, 0.25) is 0 Å². The molecule has 67 valence electrons. The SMILES string of the molecule is C[C@@H](O)[C@@H](O)[C@H](O)[C@@H](O)[CH]O. The fourth-order valence-electron chi connectivity index (χ4n) is 0.576. The first kappa shape index (κ1) is 10.8. The molecule has 11 heavy (non-hydrogen) atoms. The molecule has 5 N–H and O–H groups in total. The number of aliphatic hydroxyl groups excluding tert-OH is 5. The van der Waals surface area contributed by atoms with Crippen LogP contribution in [0.25, 0.3) is 0 Å². The van der Waals surface area contributed by atoms with E-state index in [1.165, 1.54) is 6.92 Å². The van der Waals surface area contributed by atoms with Crippen LogP contribution in [0.1, 0.15) is 6.92 Å². The van der Waals surface area contributed by atoms with Gasteiger partial charge in [-0.05, 0) is 6.92 Å². The van der Waals surface area contributed by atoms with Gasteiger partial charge in [-0.1, -0.05) is 0 Å². The molecular formula is C6H13O5. The molecular weight excluding hydrogens is 152 g/mol. The average molecular weight is 165 g/mol. The first-order chi connectivity index (χ1) is 5.00. The number of rotatable bonds is 4. The third-order valence-electron chi connectivity index (χ3n) is 1.35. The van der Waals surface area contributed by atoms with Gasteiger partial charge in [-0.3, -0.25) is 0 Å². The van der Waals surface area contributed by atoms with Gasteiger partial charge in [-0.2, -0.15) is 0 Å². The van der Waals surface area contributed by atoms with E-state index in [1.807, 2.05) is 0 Å². The predicted octanol–water partition coefficient (Wildman–Crippen LogP) is -2.02. The summed E-state index contributed by atoms with van der Waals surface area (Å²) in [5.41, 5.74) is 0. The molecule has 0 aromatic carbocycles. The summed E-state index contributed by atoms with van der Waals surface area (Å²) in [7, 11) is 0. The second kappa shape index (κ2) is 4.63. The highest BCUT2D eigenvalue weighted by Gasteiger charge is 2.27. The maximum absolute atomic E-state index is 8.91. The third kappa shape index (κ3) is 3.13. The lowest BCUT2D eigenvalue weighted by atomic mass is 10.1. The summed E-state index contributed by atoms with van der Waals surface area (Å²) in [5, 5.41) is 43.5. The van der Waals surface area contributed by atoms with E-state index in [0.29, 0.717) is 6.61 Å². The van der Waals surface area contributed by atoms with Crippen LogP contribution < -0.4 is 0 Å². The Morgan fingerprint density at radius 2 is 1.45 bits per heavy atom. The van der Waals surface area contributed by atoms with Crippen LogP contribution in [0.3, 0.4) is 0 Å². The minimum atomic E-state index is -1.57. The molecule has 0 fully saturated rings. The lowest BCUT2D eigenvalue weighted by molar-refractivity contribution is -0.0994. The van der Waals surface area contributed by atoms with Crippen molar-refractivity contribution in [2.45, 2.75) is 31.3 Å². The van der Waals surface area contributed by atoms with E-state index >= 15 is 0 Å². The Bertz CT molecular complexity index is 105. The molecule has 0 aliphatic heterocycles. The molecule has 0 aliphatic rings. The Kier molecular flexibility index (Phi) is 4.55. The predicted molar refractivity (Wildman–Crippen MR) is 35.9 cm³/mol. The van der Waals surface area contributed by atoms with E-state index in [9.17, 15) is 0 Å². The largest absolute Gasteiger partial charge is 0.391 e. The maximum Gasteiger partial charge on any atom is 0.111 e. The Hall–Kier alpha value is -0.200. The van der Waals surface area contributed by atoms with Crippen molar-refractivity contribution in [2.75, 3.05) is 0 Å². The fourth-order valence-corrected chi connectivity index (χ4v) is 0.576. The van der Waals surface area contributed by atoms with Gasteiger partial charge in [0.25, 0.3) is 0 Å². The Morgan fingerprint density at radius 3 is 1.73 bits per heavy atom. The summed E-state index contributed by atoms with van der Waals surface area (Å²) in [5.74, 6) is 0. The van der Waals surface area contributed by atoms with E-state index in [0.717, 1.165) is 0 Å². The second-order valence-electron chi connectivity index (χ2n) is 2.36. The summed E-state index contributed by atoms with van der Waals surface area (Å²) in [6.07, 6.45) is -5.73. The highest BCUT2D eigenvalue weighted by Crippen LogP contribution is 2.05. The summed E-state index contributed by atoms with van der Waals surface area (Å²) in [4.78, 5) is 0. The fraction of sp³-hybridized carbons (Fsp3) is 0.833. The second-order valence-corrected chi connectivity index (χ2v) is 2.36. The standard InChI is InChI=1S/C6H13O5/c1-3(8)5(10)6(11)4(9)2-7/h2-11H,1H3/t3-,4+,5-,6-/m1/s1. The molecule has 0 aliphatic carbocycles. The van der Waals surface area contributed by atoms with Crippen molar-refractivity contribution >= 4 is 0 Å². The van der Waals surface area contributed by atoms with Crippen LogP contribution in [0.15, 0.2) is 0 Å². The van der Waals surface area contributed by atoms with E-state index in [-0.39, 0.29) is 0 Å². The molecule has 0 saturated carbocycles. The van der Waals surface area contributed by atoms with Gasteiger partial charge in [0.1, 0.15) is 24.9 Å². The van der Waals surface area contributed by atoms with Gasteiger partial charge in [0.05, 0.1) is 6.10 Å².